The van der Waals surface area contributed by atoms with E-state index in [1.54, 1.807) is 19.1 Å². The molecule has 116 valence electrons. The molecule has 0 saturated heterocycles. The maximum atomic E-state index is 13.7. The molecular formula is C18H19F2NO. The fourth-order valence-corrected chi connectivity index (χ4v) is 2.23. The third-order valence-corrected chi connectivity index (χ3v) is 3.62. The Kier molecular flexibility index (Phi) is 4.91. The predicted octanol–water partition coefficient (Wildman–Crippen LogP) is 4.58. The molecular weight excluding hydrogens is 284 g/mol. The number of nitrogens with one attached hydrogen (secondary N) is 1. The fraction of sp³-hybridized carbons (Fsp3) is 0.278. The van der Waals surface area contributed by atoms with Gasteiger partial charge in [-0.15, -0.1) is 0 Å². The summed E-state index contributed by atoms with van der Waals surface area (Å²) in [6, 6.07) is 10.1. The highest BCUT2D eigenvalue weighted by Gasteiger charge is 2.15. The Hall–Kier alpha value is -2.23. The van der Waals surface area contributed by atoms with E-state index in [0.29, 0.717) is 11.5 Å². The van der Waals surface area contributed by atoms with Gasteiger partial charge in [0.05, 0.1) is 6.04 Å². The van der Waals surface area contributed by atoms with Crippen molar-refractivity contribution in [3.63, 3.8) is 0 Å². The molecule has 1 amide bonds. The van der Waals surface area contributed by atoms with Gasteiger partial charge in [0.1, 0.15) is 11.6 Å². The molecule has 0 aliphatic rings. The molecule has 0 heterocycles. The van der Waals surface area contributed by atoms with Crippen molar-refractivity contribution in [2.24, 2.45) is 0 Å². The lowest BCUT2D eigenvalue weighted by Crippen LogP contribution is -2.27. The summed E-state index contributed by atoms with van der Waals surface area (Å²) in [6.07, 6.45) is 0. The van der Waals surface area contributed by atoms with Gasteiger partial charge in [-0.1, -0.05) is 32.0 Å². The summed E-state index contributed by atoms with van der Waals surface area (Å²) in [5, 5.41) is 2.72. The smallest absolute Gasteiger partial charge is 0.251 e. The quantitative estimate of drug-likeness (QED) is 0.880. The summed E-state index contributed by atoms with van der Waals surface area (Å²) < 4.78 is 26.6. The van der Waals surface area contributed by atoms with E-state index in [4.69, 9.17) is 0 Å². The summed E-state index contributed by atoms with van der Waals surface area (Å²) >= 11 is 0. The molecule has 0 aliphatic heterocycles. The first kappa shape index (κ1) is 16.1. The van der Waals surface area contributed by atoms with Crippen LogP contribution in [0.15, 0.2) is 42.5 Å². The summed E-state index contributed by atoms with van der Waals surface area (Å²) in [5.74, 6) is -1.19. The Morgan fingerprint density at radius 1 is 1.00 bits per heavy atom. The normalized spacial score (nSPS) is 12.3. The molecule has 2 rings (SSSR count). The highest BCUT2D eigenvalue weighted by Crippen LogP contribution is 2.19. The number of carbonyl (C=O) groups is 1. The first-order valence-corrected chi connectivity index (χ1v) is 7.24. The molecule has 2 nitrogen and oxygen atoms in total. The van der Waals surface area contributed by atoms with Gasteiger partial charge in [-0.3, -0.25) is 4.79 Å². The first-order chi connectivity index (χ1) is 10.4. The largest absolute Gasteiger partial charge is 0.345 e. The summed E-state index contributed by atoms with van der Waals surface area (Å²) in [6.45, 7) is 5.82. The Bertz CT molecular complexity index is 665. The van der Waals surface area contributed by atoms with Crippen LogP contribution in [0.25, 0.3) is 0 Å². The van der Waals surface area contributed by atoms with Crippen LogP contribution in [0.3, 0.4) is 0 Å². The molecule has 22 heavy (non-hydrogen) atoms. The minimum absolute atomic E-state index is 0.258. The molecule has 1 atom stereocenters. The van der Waals surface area contributed by atoms with Crippen molar-refractivity contribution in [2.45, 2.75) is 32.7 Å². The summed E-state index contributed by atoms with van der Waals surface area (Å²) in [7, 11) is 0. The standard InChI is InChI=1S/C18H19F2NO/c1-11(2)13-4-6-14(7-5-13)18(22)21-12(3)16-9-8-15(19)10-17(16)20/h4-12H,1-3H3,(H,21,22)/t12-/m1/s1. The number of hydrogen-bond donors (Lipinski definition) is 1. The molecule has 0 aromatic heterocycles. The molecule has 2 aromatic rings. The maximum Gasteiger partial charge on any atom is 0.251 e. The number of halogens is 2. The van der Waals surface area contributed by atoms with Crippen LogP contribution >= 0.6 is 0 Å². The molecule has 0 fully saturated rings. The highest BCUT2D eigenvalue weighted by atomic mass is 19.1. The minimum atomic E-state index is -0.664. The molecule has 4 heteroatoms. The van der Waals surface area contributed by atoms with Crippen molar-refractivity contribution in [1.82, 2.24) is 5.32 Å². The lowest BCUT2D eigenvalue weighted by Gasteiger charge is -2.15. The number of carbonyl (C=O) groups excluding carboxylic acids is 1. The molecule has 1 N–H and O–H groups in total. The molecule has 2 aromatic carbocycles. The van der Waals surface area contributed by atoms with Crippen LogP contribution in [0.2, 0.25) is 0 Å². The Morgan fingerprint density at radius 2 is 1.64 bits per heavy atom. The Labute approximate surface area is 129 Å². The number of amides is 1. The monoisotopic (exact) mass is 303 g/mol. The number of rotatable bonds is 4. The average molecular weight is 303 g/mol. The van der Waals surface area contributed by atoms with Crippen molar-refractivity contribution in [1.29, 1.82) is 0 Å². The van der Waals surface area contributed by atoms with Crippen LogP contribution in [0.4, 0.5) is 8.78 Å². The number of benzene rings is 2. The van der Waals surface area contributed by atoms with Gasteiger partial charge in [-0.25, -0.2) is 8.78 Å². The van der Waals surface area contributed by atoms with Crippen molar-refractivity contribution < 1.29 is 13.6 Å². The molecule has 0 radical (unpaired) electrons. The zero-order valence-electron chi connectivity index (χ0n) is 12.9. The molecule has 0 unspecified atom stereocenters. The van der Waals surface area contributed by atoms with Gasteiger partial charge in [0, 0.05) is 17.2 Å². The first-order valence-electron chi connectivity index (χ1n) is 7.24. The van der Waals surface area contributed by atoms with Gasteiger partial charge in [0.25, 0.3) is 5.91 Å². The van der Waals surface area contributed by atoms with Crippen molar-refractivity contribution in [3.8, 4) is 0 Å². The topological polar surface area (TPSA) is 29.1 Å². The van der Waals surface area contributed by atoms with Crippen LogP contribution in [0, 0.1) is 11.6 Å². The second-order valence-electron chi connectivity index (χ2n) is 5.64. The SMILES string of the molecule is CC(C)c1ccc(C(=O)N[C@H](C)c2ccc(F)cc2F)cc1. The second kappa shape index (κ2) is 6.69. The zero-order chi connectivity index (χ0) is 16.3. The van der Waals surface area contributed by atoms with Crippen LogP contribution in [-0.4, -0.2) is 5.91 Å². The summed E-state index contributed by atoms with van der Waals surface area (Å²) in [5.41, 5.74) is 1.92. The molecule has 0 aliphatic carbocycles. The van der Waals surface area contributed by atoms with E-state index in [2.05, 4.69) is 19.2 Å². The third-order valence-electron chi connectivity index (χ3n) is 3.62. The van der Waals surface area contributed by atoms with Gasteiger partial charge >= 0.3 is 0 Å². The third kappa shape index (κ3) is 3.70. The zero-order valence-corrected chi connectivity index (χ0v) is 12.9. The van der Waals surface area contributed by atoms with E-state index in [-0.39, 0.29) is 11.5 Å². The lowest BCUT2D eigenvalue weighted by atomic mass is 10.0. The predicted molar refractivity (Wildman–Crippen MR) is 82.8 cm³/mol. The maximum absolute atomic E-state index is 13.7. The summed E-state index contributed by atoms with van der Waals surface area (Å²) in [4.78, 5) is 12.2. The van der Waals surface area contributed by atoms with Crippen LogP contribution in [-0.2, 0) is 0 Å². The highest BCUT2D eigenvalue weighted by molar-refractivity contribution is 5.94. The van der Waals surface area contributed by atoms with E-state index in [0.717, 1.165) is 11.6 Å². The molecule has 0 spiro atoms. The van der Waals surface area contributed by atoms with E-state index >= 15 is 0 Å². The van der Waals surface area contributed by atoms with Crippen LogP contribution < -0.4 is 5.32 Å². The Morgan fingerprint density at radius 3 is 2.18 bits per heavy atom. The Balaban J connectivity index is 2.10. The lowest BCUT2D eigenvalue weighted by molar-refractivity contribution is 0.0939. The van der Waals surface area contributed by atoms with Gasteiger partial charge < -0.3 is 5.32 Å². The van der Waals surface area contributed by atoms with Gasteiger partial charge in [-0.05, 0) is 36.6 Å². The van der Waals surface area contributed by atoms with E-state index in [1.807, 2.05) is 12.1 Å². The van der Waals surface area contributed by atoms with Crippen molar-refractivity contribution in [3.05, 3.63) is 70.8 Å². The van der Waals surface area contributed by atoms with Gasteiger partial charge in [0.2, 0.25) is 0 Å². The van der Waals surface area contributed by atoms with Gasteiger partial charge in [-0.2, -0.15) is 0 Å². The number of hydrogen-bond acceptors (Lipinski definition) is 1. The minimum Gasteiger partial charge on any atom is -0.345 e. The molecule has 0 bridgehead atoms. The average Bonchev–Trinajstić information content (AvgIpc) is 2.47. The van der Waals surface area contributed by atoms with Crippen LogP contribution in [0.1, 0.15) is 54.2 Å². The van der Waals surface area contributed by atoms with Crippen molar-refractivity contribution >= 4 is 5.91 Å². The van der Waals surface area contributed by atoms with Crippen LogP contribution in [0.5, 0.6) is 0 Å². The van der Waals surface area contributed by atoms with Gasteiger partial charge in [0.15, 0.2) is 0 Å². The molecule has 0 saturated carbocycles. The van der Waals surface area contributed by atoms with E-state index in [1.165, 1.54) is 12.1 Å². The van der Waals surface area contributed by atoms with E-state index in [9.17, 15) is 13.6 Å². The van der Waals surface area contributed by atoms with Crippen molar-refractivity contribution in [2.75, 3.05) is 0 Å². The fourth-order valence-electron chi connectivity index (χ4n) is 2.23. The van der Waals surface area contributed by atoms with E-state index < -0.39 is 17.7 Å². The second-order valence-corrected chi connectivity index (χ2v) is 5.64.